The molecule has 2 aromatic carbocycles. The third-order valence-corrected chi connectivity index (χ3v) is 7.73. The third kappa shape index (κ3) is 2.89. The number of nitrogens with zero attached hydrogens (tertiary/aromatic N) is 3. The molecule has 182 valence electrons. The van der Waals surface area contributed by atoms with Crippen LogP contribution in [0.1, 0.15) is 65.1 Å². The lowest BCUT2D eigenvalue weighted by Gasteiger charge is -2.31. The van der Waals surface area contributed by atoms with Crippen LogP contribution >= 0.6 is 0 Å². The smallest absolute Gasteiger partial charge is 0.340 e. The van der Waals surface area contributed by atoms with Gasteiger partial charge in [0.15, 0.2) is 5.60 Å². The normalized spacial score (nSPS) is 14.5. The first kappa shape index (κ1) is 22.6. The molecule has 5 heteroatoms. The Balaban J connectivity index is 1.83. The molecule has 0 radical (unpaired) electrons. The predicted molar refractivity (Wildman–Crippen MR) is 143 cm³/mol. The van der Waals surface area contributed by atoms with Crippen LogP contribution in [-0.2, 0) is 23.4 Å². The van der Waals surface area contributed by atoms with Crippen LogP contribution < -0.4 is 0 Å². The molecule has 0 atom stereocenters. The van der Waals surface area contributed by atoms with Gasteiger partial charge in [-0.15, -0.1) is 0 Å². The number of esters is 1. The lowest BCUT2D eigenvalue weighted by Crippen LogP contribution is -2.31. The van der Waals surface area contributed by atoms with Crippen LogP contribution in [0.3, 0.4) is 0 Å². The van der Waals surface area contributed by atoms with Crippen molar-refractivity contribution in [2.45, 2.75) is 59.2 Å². The maximum Gasteiger partial charge on any atom is 0.340 e. The molecule has 0 saturated heterocycles. The summed E-state index contributed by atoms with van der Waals surface area (Å²) in [5.41, 5.74) is 6.95. The maximum atomic E-state index is 13.5. The van der Waals surface area contributed by atoms with Crippen molar-refractivity contribution in [1.82, 2.24) is 14.1 Å². The number of ether oxygens (including phenoxy) is 1. The summed E-state index contributed by atoms with van der Waals surface area (Å²) in [6.45, 7) is 10.5. The standard InChI is InChI=1S/C31H31N3O2/c1-5-17-33-20(3)28(23-11-7-9-13-26(23)33)31(25-19-32-16-15-22(25)30(35)36-31)29-21(4)34(18-6-2)27-14-10-8-12-24(27)29/h7-16,19H,5-6,17-18H2,1-4H3. The number of pyridine rings is 1. The van der Waals surface area contributed by atoms with E-state index in [2.05, 4.69) is 90.3 Å². The Kier molecular flexibility index (Phi) is 5.25. The van der Waals surface area contributed by atoms with Gasteiger partial charge in [0.05, 0.1) is 5.56 Å². The zero-order valence-corrected chi connectivity index (χ0v) is 21.3. The Morgan fingerprint density at radius 3 is 1.86 bits per heavy atom. The number of hydrogen-bond acceptors (Lipinski definition) is 3. The minimum atomic E-state index is -1.09. The zero-order valence-electron chi connectivity index (χ0n) is 21.3. The number of aromatic nitrogens is 3. The van der Waals surface area contributed by atoms with E-state index in [4.69, 9.17) is 4.74 Å². The molecule has 0 aliphatic carbocycles. The molecule has 6 rings (SSSR count). The van der Waals surface area contributed by atoms with E-state index in [0.717, 1.165) is 75.8 Å². The molecule has 5 nitrogen and oxygen atoms in total. The van der Waals surface area contributed by atoms with Crippen LogP contribution in [-0.4, -0.2) is 20.1 Å². The molecule has 1 aliphatic rings. The van der Waals surface area contributed by atoms with Gasteiger partial charge < -0.3 is 13.9 Å². The van der Waals surface area contributed by atoms with E-state index in [1.54, 1.807) is 12.3 Å². The number of hydrogen-bond donors (Lipinski definition) is 0. The molecule has 0 fully saturated rings. The van der Waals surface area contributed by atoms with Gasteiger partial charge in [0.1, 0.15) is 0 Å². The van der Waals surface area contributed by atoms with E-state index in [0.29, 0.717) is 5.56 Å². The van der Waals surface area contributed by atoms with Crippen molar-refractivity contribution >= 4 is 27.8 Å². The van der Waals surface area contributed by atoms with Gasteiger partial charge >= 0.3 is 5.97 Å². The summed E-state index contributed by atoms with van der Waals surface area (Å²) >= 11 is 0. The SMILES string of the molecule is CCCn1c(C)c(C2(c3c(C)n(CCC)c4ccccc34)OC(=O)c3ccncc32)c2ccccc21. The molecule has 0 saturated carbocycles. The van der Waals surface area contributed by atoms with Crippen molar-refractivity contribution in [2.24, 2.45) is 0 Å². The molecule has 0 N–H and O–H groups in total. The monoisotopic (exact) mass is 477 g/mol. The van der Waals surface area contributed by atoms with Crippen molar-refractivity contribution in [2.75, 3.05) is 0 Å². The summed E-state index contributed by atoms with van der Waals surface area (Å²) in [5.74, 6) is -0.300. The van der Waals surface area contributed by atoms with Crippen molar-refractivity contribution < 1.29 is 9.53 Å². The summed E-state index contributed by atoms with van der Waals surface area (Å²) in [7, 11) is 0. The van der Waals surface area contributed by atoms with E-state index in [9.17, 15) is 4.79 Å². The second-order valence-electron chi connectivity index (χ2n) is 9.75. The minimum Gasteiger partial charge on any atom is -0.440 e. The van der Waals surface area contributed by atoms with E-state index >= 15 is 0 Å². The Bertz CT molecular complexity index is 1550. The van der Waals surface area contributed by atoms with Crippen molar-refractivity contribution in [3.05, 3.63) is 101 Å². The van der Waals surface area contributed by atoms with Gasteiger partial charge in [0.2, 0.25) is 0 Å². The molecular formula is C31H31N3O2. The Morgan fingerprint density at radius 1 is 0.806 bits per heavy atom. The van der Waals surface area contributed by atoms with E-state index in [1.165, 1.54) is 0 Å². The van der Waals surface area contributed by atoms with Crippen molar-refractivity contribution in [1.29, 1.82) is 0 Å². The quantitative estimate of drug-likeness (QED) is 0.250. The molecule has 3 aromatic heterocycles. The average molecular weight is 478 g/mol. The fourth-order valence-corrected chi connectivity index (χ4v) is 6.37. The number of carbonyl (C=O) groups excluding carboxylic acids is 1. The van der Waals surface area contributed by atoms with Crippen LogP contribution in [0.5, 0.6) is 0 Å². The molecule has 0 unspecified atom stereocenters. The molecule has 0 bridgehead atoms. The minimum absolute atomic E-state index is 0.300. The largest absolute Gasteiger partial charge is 0.440 e. The Labute approximate surface area is 211 Å². The predicted octanol–water partition coefficient (Wildman–Crippen LogP) is 6.89. The molecular weight excluding hydrogens is 446 g/mol. The van der Waals surface area contributed by atoms with Gasteiger partial charge in [-0.25, -0.2) is 4.79 Å². The third-order valence-electron chi connectivity index (χ3n) is 7.73. The number of carbonyl (C=O) groups is 1. The topological polar surface area (TPSA) is 49.0 Å². The number of aryl methyl sites for hydroxylation is 2. The Hall–Kier alpha value is -3.86. The molecule has 5 aromatic rings. The van der Waals surface area contributed by atoms with Gasteiger partial charge in [-0.2, -0.15) is 0 Å². The number of rotatable bonds is 6. The highest BCUT2D eigenvalue weighted by molar-refractivity contribution is 6.01. The molecule has 36 heavy (non-hydrogen) atoms. The Morgan fingerprint density at radius 2 is 1.33 bits per heavy atom. The lowest BCUT2D eigenvalue weighted by atomic mass is 9.78. The number of fused-ring (bicyclic) bond motifs is 3. The van der Waals surface area contributed by atoms with Crippen LogP contribution in [0, 0.1) is 13.8 Å². The zero-order chi connectivity index (χ0) is 25.0. The lowest BCUT2D eigenvalue weighted by molar-refractivity contribution is 0.0255. The molecule has 0 spiro atoms. The number of benzene rings is 2. The van der Waals surface area contributed by atoms with Gasteiger partial charge in [0, 0.05) is 75.4 Å². The number of para-hydroxylation sites is 2. The van der Waals surface area contributed by atoms with Gasteiger partial charge in [-0.1, -0.05) is 50.2 Å². The van der Waals surface area contributed by atoms with E-state index < -0.39 is 5.60 Å². The summed E-state index contributed by atoms with van der Waals surface area (Å²) in [6, 6.07) is 18.8. The van der Waals surface area contributed by atoms with E-state index in [-0.39, 0.29) is 5.97 Å². The van der Waals surface area contributed by atoms with Gasteiger partial charge in [-0.05, 0) is 44.9 Å². The van der Waals surface area contributed by atoms with Crippen LogP contribution in [0.4, 0.5) is 0 Å². The van der Waals surface area contributed by atoms with Crippen LogP contribution in [0.15, 0.2) is 67.0 Å². The summed E-state index contributed by atoms with van der Waals surface area (Å²) in [4.78, 5) is 18.0. The molecule has 1 aliphatic heterocycles. The van der Waals surface area contributed by atoms with Crippen LogP contribution in [0.25, 0.3) is 21.8 Å². The number of cyclic esters (lactones) is 1. The summed E-state index contributed by atoms with van der Waals surface area (Å²) in [5, 5.41) is 2.22. The molecule has 0 amide bonds. The second kappa shape index (κ2) is 8.37. The highest BCUT2D eigenvalue weighted by Crippen LogP contribution is 2.53. The molecule has 4 heterocycles. The van der Waals surface area contributed by atoms with Crippen molar-refractivity contribution in [3.63, 3.8) is 0 Å². The van der Waals surface area contributed by atoms with Gasteiger partial charge in [0.25, 0.3) is 0 Å². The first-order chi connectivity index (χ1) is 17.5. The van der Waals surface area contributed by atoms with Crippen molar-refractivity contribution in [3.8, 4) is 0 Å². The second-order valence-corrected chi connectivity index (χ2v) is 9.75. The fourth-order valence-electron chi connectivity index (χ4n) is 6.37. The first-order valence-corrected chi connectivity index (χ1v) is 12.9. The van der Waals surface area contributed by atoms with Gasteiger partial charge in [-0.3, -0.25) is 4.98 Å². The van der Waals surface area contributed by atoms with Crippen LogP contribution in [0.2, 0.25) is 0 Å². The fraction of sp³-hybridized carbons (Fsp3) is 0.290. The van der Waals surface area contributed by atoms with E-state index in [1.807, 2.05) is 6.20 Å². The highest BCUT2D eigenvalue weighted by atomic mass is 16.6. The summed E-state index contributed by atoms with van der Waals surface area (Å²) < 4.78 is 11.4. The average Bonchev–Trinajstić information content (AvgIpc) is 3.46. The first-order valence-electron chi connectivity index (χ1n) is 12.9. The maximum absolute atomic E-state index is 13.5. The summed E-state index contributed by atoms with van der Waals surface area (Å²) in [6.07, 6.45) is 5.53. The highest BCUT2D eigenvalue weighted by Gasteiger charge is 2.53.